The molecule has 2 N–H and O–H groups in total. The highest BCUT2D eigenvalue weighted by Crippen LogP contribution is 1.88. The highest BCUT2D eigenvalue weighted by atomic mass is 16.2. The second kappa shape index (κ2) is 7.12. The minimum atomic E-state index is -0.107. The highest BCUT2D eigenvalue weighted by Gasteiger charge is 1.99. The maximum Gasteiger partial charge on any atom is 0.246 e. The Kier molecular flexibility index (Phi) is 6.45. The summed E-state index contributed by atoms with van der Waals surface area (Å²) in [6.07, 6.45) is 1.73. The molecule has 14 heavy (non-hydrogen) atoms. The third kappa shape index (κ3) is 7.34. The predicted octanol–water partition coefficient (Wildman–Crippen LogP) is 0.595. The molecule has 0 rings (SSSR count). The minimum absolute atomic E-state index is 0.0176. The van der Waals surface area contributed by atoms with E-state index in [4.69, 9.17) is 0 Å². The molecule has 0 spiro atoms. The molecule has 0 bridgehead atoms. The van der Waals surface area contributed by atoms with Crippen LogP contribution in [0.15, 0.2) is 12.2 Å². The van der Waals surface area contributed by atoms with Crippen LogP contribution in [0.2, 0.25) is 0 Å². The fourth-order valence-corrected chi connectivity index (χ4v) is 0.867. The van der Waals surface area contributed by atoms with Crippen LogP contribution in [0.5, 0.6) is 0 Å². The van der Waals surface area contributed by atoms with Crippen molar-refractivity contribution >= 4 is 11.8 Å². The van der Waals surface area contributed by atoms with Crippen molar-refractivity contribution in [1.29, 1.82) is 0 Å². The fraction of sp³-hybridized carbons (Fsp3) is 0.600. The summed E-state index contributed by atoms with van der Waals surface area (Å²) in [6.45, 7) is 7.98. The highest BCUT2D eigenvalue weighted by molar-refractivity contribution is 5.91. The Morgan fingerprint density at radius 1 is 1.07 bits per heavy atom. The maximum absolute atomic E-state index is 11.0. The van der Waals surface area contributed by atoms with Crippen molar-refractivity contribution in [3.05, 3.63) is 12.2 Å². The summed E-state index contributed by atoms with van der Waals surface area (Å²) >= 11 is 0. The Morgan fingerprint density at radius 3 is 2.00 bits per heavy atom. The van der Waals surface area contributed by atoms with Gasteiger partial charge in [0.25, 0.3) is 0 Å². The van der Waals surface area contributed by atoms with Gasteiger partial charge in [-0.1, -0.05) is 6.58 Å². The van der Waals surface area contributed by atoms with Crippen molar-refractivity contribution in [2.24, 2.45) is 0 Å². The first-order valence-corrected chi connectivity index (χ1v) is 4.72. The lowest BCUT2D eigenvalue weighted by molar-refractivity contribution is -0.119. The lowest BCUT2D eigenvalue weighted by Crippen LogP contribution is -2.26. The topological polar surface area (TPSA) is 58.2 Å². The fourth-order valence-electron chi connectivity index (χ4n) is 0.867. The van der Waals surface area contributed by atoms with Gasteiger partial charge in [0.2, 0.25) is 11.8 Å². The van der Waals surface area contributed by atoms with Crippen LogP contribution in [-0.2, 0) is 9.59 Å². The molecule has 2 amide bonds. The van der Waals surface area contributed by atoms with Gasteiger partial charge in [-0.05, 0) is 19.8 Å². The zero-order valence-electron chi connectivity index (χ0n) is 8.85. The Labute approximate surface area is 84.8 Å². The first kappa shape index (κ1) is 12.7. The first-order valence-electron chi connectivity index (χ1n) is 4.72. The van der Waals surface area contributed by atoms with Crippen LogP contribution in [0.1, 0.15) is 26.7 Å². The van der Waals surface area contributed by atoms with Crippen LogP contribution >= 0.6 is 0 Å². The van der Waals surface area contributed by atoms with E-state index in [0.717, 1.165) is 12.8 Å². The Morgan fingerprint density at radius 2 is 1.57 bits per heavy atom. The number of hydrogen-bond donors (Lipinski definition) is 2. The number of carbonyl (C=O) groups is 2. The van der Waals surface area contributed by atoms with E-state index in [1.165, 1.54) is 6.92 Å². The van der Waals surface area contributed by atoms with Crippen molar-refractivity contribution in [3.8, 4) is 0 Å². The molecule has 0 aliphatic carbocycles. The summed E-state index contributed by atoms with van der Waals surface area (Å²) in [7, 11) is 0. The molecule has 4 heteroatoms. The molecule has 0 aliphatic heterocycles. The van der Waals surface area contributed by atoms with Gasteiger partial charge in [-0.25, -0.2) is 0 Å². The molecular weight excluding hydrogens is 180 g/mol. The van der Waals surface area contributed by atoms with Gasteiger partial charge in [0.15, 0.2) is 0 Å². The van der Waals surface area contributed by atoms with Gasteiger partial charge in [-0.15, -0.1) is 0 Å². The third-order valence-electron chi connectivity index (χ3n) is 1.65. The average molecular weight is 198 g/mol. The summed E-state index contributed by atoms with van der Waals surface area (Å²) in [5.74, 6) is -0.125. The molecule has 4 nitrogen and oxygen atoms in total. The third-order valence-corrected chi connectivity index (χ3v) is 1.65. The molecule has 0 aromatic heterocycles. The zero-order valence-corrected chi connectivity index (χ0v) is 8.85. The van der Waals surface area contributed by atoms with Gasteiger partial charge in [0, 0.05) is 25.6 Å². The molecule has 0 saturated carbocycles. The maximum atomic E-state index is 11.0. The van der Waals surface area contributed by atoms with Gasteiger partial charge < -0.3 is 10.6 Å². The molecule has 0 unspecified atom stereocenters. The van der Waals surface area contributed by atoms with Crippen LogP contribution in [0.3, 0.4) is 0 Å². The van der Waals surface area contributed by atoms with E-state index < -0.39 is 0 Å². The molecule has 0 heterocycles. The number of nitrogens with one attached hydrogen (secondary N) is 2. The van der Waals surface area contributed by atoms with Gasteiger partial charge >= 0.3 is 0 Å². The van der Waals surface area contributed by atoms with Gasteiger partial charge in [0.1, 0.15) is 0 Å². The summed E-state index contributed by atoms with van der Waals surface area (Å²) in [6, 6.07) is 0. The minimum Gasteiger partial charge on any atom is -0.356 e. The normalized spacial score (nSPS) is 9.29. The second-order valence-corrected chi connectivity index (χ2v) is 3.23. The monoisotopic (exact) mass is 198 g/mol. The van der Waals surface area contributed by atoms with E-state index >= 15 is 0 Å². The Bertz CT molecular complexity index is 224. The number of unbranched alkanes of at least 4 members (excludes halogenated alkanes) is 1. The molecule has 0 radical (unpaired) electrons. The molecule has 0 atom stereocenters. The van der Waals surface area contributed by atoms with Crippen molar-refractivity contribution in [2.45, 2.75) is 26.7 Å². The van der Waals surface area contributed by atoms with Crippen molar-refractivity contribution in [2.75, 3.05) is 13.1 Å². The smallest absolute Gasteiger partial charge is 0.246 e. The SMILES string of the molecule is C=C(C)C(=O)NCCCCNC(C)=O. The standard InChI is InChI=1S/C10H18N2O2/c1-8(2)10(14)12-7-5-4-6-11-9(3)13/h1,4-7H2,2-3H3,(H,11,13)(H,12,14). The molecule has 0 aliphatic rings. The van der Waals surface area contributed by atoms with Crippen LogP contribution in [0.4, 0.5) is 0 Å². The molecule has 0 fully saturated rings. The number of carbonyl (C=O) groups excluding carboxylic acids is 2. The second-order valence-electron chi connectivity index (χ2n) is 3.23. The Hall–Kier alpha value is -1.32. The zero-order chi connectivity index (χ0) is 11.0. The van der Waals surface area contributed by atoms with Crippen molar-refractivity contribution in [1.82, 2.24) is 10.6 Å². The summed E-state index contributed by atoms with van der Waals surface area (Å²) < 4.78 is 0. The first-order chi connectivity index (χ1) is 6.54. The summed E-state index contributed by atoms with van der Waals surface area (Å²) in [5, 5.41) is 5.41. The molecule has 0 aromatic rings. The van der Waals surface area contributed by atoms with Crippen molar-refractivity contribution in [3.63, 3.8) is 0 Å². The molecule has 0 aromatic carbocycles. The van der Waals surface area contributed by atoms with Crippen LogP contribution in [0, 0.1) is 0 Å². The van der Waals surface area contributed by atoms with Crippen molar-refractivity contribution < 1.29 is 9.59 Å². The Balaban J connectivity index is 3.26. The molecular formula is C10H18N2O2. The van der Waals surface area contributed by atoms with Crippen LogP contribution in [0.25, 0.3) is 0 Å². The number of rotatable bonds is 6. The quantitative estimate of drug-likeness (QED) is 0.485. The van der Waals surface area contributed by atoms with Crippen LogP contribution < -0.4 is 10.6 Å². The summed E-state index contributed by atoms with van der Waals surface area (Å²) in [5.41, 5.74) is 0.520. The molecule has 80 valence electrons. The van der Waals surface area contributed by atoms with Gasteiger partial charge in [-0.2, -0.15) is 0 Å². The van der Waals surface area contributed by atoms with Gasteiger partial charge in [-0.3, -0.25) is 9.59 Å². The van der Waals surface area contributed by atoms with E-state index in [2.05, 4.69) is 17.2 Å². The van der Waals surface area contributed by atoms with E-state index in [1.807, 2.05) is 0 Å². The molecule has 0 saturated heterocycles. The largest absolute Gasteiger partial charge is 0.356 e. The van der Waals surface area contributed by atoms with E-state index in [-0.39, 0.29) is 11.8 Å². The average Bonchev–Trinajstić information content (AvgIpc) is 2.09. The summed E-state index contributed by atoms with van der Waals surface area (Å²) in [4.78, 5) is 21.5. The van der Waals surface area contributed by atoms with Gasteiger partial charge in [0.05, 0.1) is 0 Å². The number of amides is 2. The van der Waals surface area contributed by atoms with E-state index in [1.54, 1.807) is 6.92 Å². The predicted molar refractivity (Wildman–Crippen MR) is 55.7 cm³/mol. The lowest BCUT2D eigenvalue weighted by Gasteiger charge is -2.04. The number of hydrogen-bond acceptors (Lipinski definition) is 2. The lowest BCUT2D eigenvalue weighted by atomic mass is 10.3. The van der Waals surface area contributed by atoms with E-state index in [9.17, 15) is 9.59 Å². The van der Waals surface area contributed by atoms with E-state index in [0.29, 0.717) is 18.7 Å². The van der Waals surface area contributed by atoms with Crippen LogP contribution in [-0.4, -0.2) is 24.9 Å².